The summed E-state index contributed by atoms with van der Waals surface area (Å²) >= 11 is 0. The Labute approximate surface area is 139 Å². The predicted octanol–water partition coefficient (Wildman–Crippen LogP) is 3.42. The maximum Gasteiger partial charge on any atom is 0.233 e. The average Bonchev–Trinajstić information content (AvgIpc) is 3.14. The summed E-state index contributed by atoms with van der Waals surface area (Å²) in [4.78, 5) is 0. The van der Waals surface area contributed by atoms with Gasteiger partial charge in [-0.2, -0.15) is 5.10 Å². The lowest BCUT2D eigenvalue weighted by Crippen LogP contribution is -2.23. The number of halogens is 1. The maximum absolute atomic E-state index is 13.1. The molecule has 126 valence electrons. The summed E-state index contributed by atoms with van der Waals surface area (Å²) in [6.07, 6.45) is 1.82. The smallest absolute Gasteiger partial charge is 0.233 e. The summed E-state index contributed by atoms with van der Waals surface area (Å²) < 4.78 is 20.3. The molecule has 2 atom stereocenters. The first kappa shape index (κ1) is 16.3. The van der Waals surface area contributed by atoms with E-state index in [1.54, 1.807) is 23.7 Å². The standard InChI is InChI=1S/C17H20FN5O/c1-10(20-11(2)17-22-21-13(4)24-17)16-9-19-23(12(16)3)15-7-5-14(18)6-8-15/h5-11,20H,1-4H3/t10-,11+/m1/s1. The number of aryl methyl sites for hydroxylation is 1. The number of rotatable bonds is 5. The van der Waals surface area contributed by atoms with Crippen LogP contribution in [0.5, 0.6) is 0 Å². The van der Waals surface area contributed by atoms with Crippen LogP contribution in [0, 0.1) is 19.7 Å². The molecule has 7 heteroatoms. The van der Waals surface area contributed by atoms with E-state index in [1.165, 1.54) is 12.1 Å². The summed E-state index contributed by atoms with van der Waals surface area (Å²) in [6.45, 7) is 7.79. The maximum atomic E-state index is 13.1. The molecule has 0 unspecified atom stereocenters. The van der Waals surface area contributed by atoms with E-state index in [0.29, 0.717) is 11.8 Å². The Morgan fingerprint density at radius 3 is 2.42 bits per heavy atom. The van der Waals surface area contributed by atoms with Crippen LogP contribution in [-0.4, -0.2) is 20.0 Å². The van der Waals surface area contributed by atoms with Crippen LogP contribution >= 0.6 is 0 Å². The second kappa shape index (κ2) is 6.52. The quantitative estimate of drug-likeness (QED) is 0.777. The molecule has 6 nitrogen and oxygen atoms in total. The van der Waals surface area contributed by atoms with Crippen molar-refractivity contribution in [1.29, 1.82) is 0 Å². The number of aromatic nitrogens is 4. The molecule has 1 aromatic carbocycles. The van der Waals surface area contributed by atoms with Crippen molar-refractivity contribution in [2.45, 2.75) is 39.8 Å². The molecule has 0 aliphatic carbocycles. The highest BCUT2D eigenvalue weighted by molar-refractivity contribution is 5.35. The molecular weight excluding hydrogens is 309 g/mol. The highest BCUT2D eigenvalue weighted by atomic mass is 19.1. The summed E-state index contributed by atoms with van der Waals surface area (Å²) in [5.74, 6) is 0.844. The Morgan fingerprint density at radius 1 is 1.08 bits per heavy atom. The van der Waals surface area contributed by atoms with Crippen molar-refractivity contribution in [2.24, 2.45) is 0 Å². The molecule has 2 heterocycles. The van der Waals surface area contributed by atoms with Crippen molar-refractivity contribution in [3.8, 4) is 5.69 Å². The van der Waals surface area contributed by atoms with Crippen molar-refractivity contribution in [2.75, 3.05) is 0 Å². The lowest BCUT2D eigenvalue weighted by molar-refractivity contribution is 0.379. The summed E-state index contributed by atoms with van der Waals surface area (Å²) in [6, 6.07) is 6.24. The Hall–Kier alpha value is -2.54. The van der Waals surface area contributed by atoms with Crippen molar-refractivity contribution < 1.29 is 8.81 Å². The number of hydrogen-bond acceptors (Lipinski definition) is 5. The van der Waals surface area contributed by atoms with Gasteiger partial charge in [-0.15, -0.1) is 10.2 Å². The molecule has 0 amide bonds. The second-order valence-electron chi connectivity index (χ2n) is 5.84. The molecule has 0 radical (unpaired) electrons. The minimum atomic E-state index is -0.262. The fraction of sp³-hybridized carbons (Fsp3) is 0.353. The average molecular weight is 329 g/mol. The molecule has 1 N–H and O–H groups in total. The van der Waals surface area contributed by atoms with E-state index in [2.05, 4.69) is 27.5 Å². The molecule has 0 spiro atoms. The van der Waals surface area contributed by atoms with Crippen molar-refractivity contribution in [3.63, 3.8) is 0 Å². The molecule has 0 saturated carbocycles. The number of hydrogen-bond donors (Lipinski definition) is 1. The van der Waals surface area contributed by atoms with Crippen LogP contribution in [0.25, 0.3) is 5.69 Å². The van der Waals surface area contributed by atoms with E-state index >= 15 is 0 Å². The molecule has 2 aromatic heterocycles. The second-order valence-corrected chi connectivity index (χ2v) is 5.84. The van der Waals surface area contributed by atoms with Crippen LogP contribution < -0.4 is 5.32 Å². The zero-order chi connectivity index (χ0) is 17.3. The van der Waals surface area contributed by atoms with Gasteiger partial charge in [0.15, 0.2) is 0 Å². The third-order valence-electron chi connectivity index (χ3n) is 4.00. The van der Waals surface area contributed by atoms with Crippen LogP contribution in [0.4, 0.5) is 4.39 Å². The Balaban J connectivity index is 1.78. The fourth-order valence-electron chi connectivity index (χ4n) is 2.71. The first-order valence-corrected chi connectivity index (χ1v) is 7.82. The van der Waals surface area contributed by atoms with E-state index in [9.17, 15) is 4.39 Å². The summed E-state index contributed by atoms with van der Waals surface area (Å²) in [5.41, 5.74) is 2.88. The summed E-state index contributed by atoms with van der Waals surface area (Å²) in [7, 11) is 0. The van der Waals surface area contributed by atoms with Gasteiger partial charge in [-0.05, 0) is 45.0 Å². The molecule has 24 heavy (non-hydrogen) atoms. The largest absolute Gasteiger partial charge is 0.424 e. The van der Waals surface area contributed by atoms with E-state index in [0.717, 1.165) is 16.9 Å². The third kappa shape index (κ3) is 3.21. The van der Waals surface area contributed by atoms with Crippen molar-refractivity contribution in [1.82, 2.24) is 25.3 Å². The molecule has 0 saturated heterocycles. The Bertz CT molecular complexity index is 824. The van der Waals surface area contributed by atoms with Crippen LogP contribution in [0.2, 0.25) is 0 Å². The fourth-order valence-corrected chi connectivity index (χ4v) is 2.71. The van der Waals surface area contributed by atoms with Gasteiger partial charge in [0.05, 0.1) is 17.9 Å². The van der Waals surface area contributed by atoms with Crippen LogP contribution in [0.3, 0.4) is 0 Å². The molecular formula is C17H20FN5O. The van der Waals surface area contributed by atoms with Gasteiger partial charge in [-0.3, -0.25) is 5.32 Å². The van der Waals surface area contributed by atoms with E-state index in [1.807, 2.05) is 20.0 Å². The molecule has 0 aliphatic heterocycles. The topological polar surface area (TPSA) is 68.8 Å². The molecule has 3 aromatic rings. The van der Waals surface area contributed by atoms with Crippen LogP contribution in [0.15, 0.2) is 34.9 Å². The first-order chi connectivity index (χ1) is 11.5. The Morgan fingerprint density at radius 2 is 1.79 bits per heavy atom. The normalized spacial score (nSPS) is 13.9. The van der Waals surface area contributed by atoms with Gasteiger partial charge in [0.1, 0.15) is 5.82 Å². The van der Waals surface area contributed by atoms with Crippen molar-refractivity contribution in [3.05, 3.63) is 59.3 Å². The van der Waals surface area contributed by atoms with Gasteiger partial charge in [0.2, 0.25) is 11.8 Å². The predicted molar refractivity (Wildman–Crippen MR) is 87.3 cm³/mol. The van der Waals surface area contributed by atoms with Gasteiger partial charge in [0, 0.05) is 24.2 Å². The molecule has 0 fully saturated rings. The van der Waals surface area contributed by atoms with Gasteiger partial charge in [-0.1, -0.05) is 0 Å². The monoisotopic (exact) mass is 329 g/mol. The third-order valence-corrected chi connectivity index (χ3v) is 4.00. The molecule has 0 aliphatic rings. The number of benzene rings is 1. The zero-order valence-corrected chi connectivity index (χ0v) is 14.1. The minimum Gasteiger partial charge on any atom is -0.424 e. The highest BCUT2D eigenvalue weighted by Gasteiger charge is 2.19. The molecule has 3 rings (SSSR count). The van der Waals surface area contributed by atoms with Gasteiger partial charge in [0.25, 0.3) is 0 Å². The van der Waals surface area contributed by atoms with E-state index in [-0.39, 0.29) is 17.9 Å². The van der Waals surface area contributed by atoms with Gasteiger partial charge >= 0.3 is 0 Å². The number of nitrogens with zero attached hydrogens (tertiary/aromatic N) is 4. The molecule has 0 bridgehead atoms. The van der Waals surface area contributed by atoms with E-state index < -0.39 is 0 Å². The summed E-state index contributed by atoms with van der Waals surface area (Å²) in [5, 5.41) is 15.7. The Kier molecular flexibility index (Phi) is 4.44. The lowest BCUT2D eigenvalue weighted by Gasteiger charge is -2.17. The minimum absolute atomic E-state index is 0.0430. The zero-order valence-electron chi connectivity index (χ0n) is 14.1. The van der Waals surface area contributed by atoms with Crippen LogP contribution in [-0.2, 0) is 0 Å². The van der Waals surface area contributed by atoms with Crippen molar-refractivity contribution >= 4 is 0 Å². The SMILES string of the molecule is Cc1nnc([C@H](C)N[C@H](C)c2cnn(-c3ccc(F)cc3)c2C)o1. The van der Waals surface area contributed by atoms with Crippen LogP contribution in [0.1, 0.15) is 49.0 Å². The van der Waals surface area contributed by atoms with E-state index in [4.69, 9.17) is 4.42 Å². The first-order valence-electron chi connectivity index (χ1n) is 7.82. The number of nitrogens with one attached hydrogen (secondary N) is 1. The van der Waals surface area contributed by atoms with Gasteiger partial charge in [-0.25, -0.2) is 9.07 Å². The van der Waals surface area contributed by atoms with Gasteiger partial charge < -0.3 is 4.42 Å². The lowest BCUT2D eigenvalue weighted by atomic mass is 10.1. The highest BCUT2D eigenvalue weighted by Crippen LogP contribution is 2.23.